The first-order valence-corrected chi connectivity index (χ1v) is 8.46. The standard InChI is InChI=1S/C20H18N4O3/c1-13-22-23-20(27-13)17-11-24(18-9-4-3-8-16(17)18)12-19(25)21-14-6-5-7-15(10-14)26-2/h3-11H,12H2,1-2H3,(H,21,25). The second-order valence-corrected chi connectivity index (χ2v) is 6.09. The van der Waals surface area contributed by atoms with Gasteiger partial charge in [0, 0.05) is 35.8 Å². The topological polar surface area (TPSA) is 82.2 Å². The number of hydrogen-bond acceptors (Lipinski definition) is 5. The van der Waals surface area contributed by atoms with Crippen LogP contribution in [0.4, 0.5) is 5.69 Å². The van der Waals surface area contributed by atoms with E-state index in [4.69, 9.17) is 9.15 Å². The Morgan fingerprint density at radius 2 is 2.04 bits per heavy atom. The van der Waals surface area contributed by atoms with Crippen molar-refractivity contribution in [2.24, 2.45) is 0 Å². The molecule has 7 heteroatoms. The largest absolute Gasteiger partial charge is 0.497 e. The Kier molecular flexibility index (Phi) is 4.33. The number of aromatic nitrogens is 3. The van der Waals surface area contributed by atoms with Crippen molar-refractivity contribution in [1.82, 2.24) is 14.8 Å². The van der Waals surface area contributed by atoms with E-state index in [0.29, 0.717) is 23.2 Å². The van der Waals surface area contributed by atoms with Crippen LogP contribution in [0, 0.1) is 6.92 Å². The van der Waals surface area contributed by atoms with Crippen molar-refractivity contribution in [3.05, 3.63) is 60.6 Å². The smallest absolute Gasteiger partial charge is 0.249 e. The minimum atomic E-state index is -0.141. The van der Waals surface area contributed by atoms with Crippen LogP contribution in [0.25, 0.3) is 22.4 Å². The molecule has 7 nitrogen and oxygen atoms in total. The molecule has 0 unspecified atom stereocenters. The Labute approximate surface area is 155 Å². The molecule has 0 saturated carbocycles. The molecule has 0 aliphatic rings. The molecule has 2 aromatic heterocycles. The van der Waals surface area contributed by atoms with Crippen molar-refractivity contribution in [3.63, 3.8) is 0 Å². The van der Waals surface area contributed by atoms with Gasteiger partial charge < -0.3 is 19.0 Å². The number of nitrogens with one attached hydrogen (secondary N) is 1. The molecule has 2 aromatic carbocycles. The number of methoxy groups -OCH3 is 1. The molecule has 27 heavy (non-hydrogen) atoms. The van der Waals surface area contributed by atoms with Gasteiger partial charge in [0.1, 0.15) is 12.3 Å². The quantitative estimate of drug-likeness (QED) is 0.586. The number of carbonyl (C=O) groups is 1. The molecule has 4 rings (SSSR count). The lowest BCUT2D eigenvalue weighted by molar-refractivity contribution is -0.116. The number of anilines is 1. The molecule has 4 aromatic rings. The van der Waals surface area contributed by atoms with Crippen molar-refractivity contribution in [1.29, 1.82) is 0 Å². The molecule has 0 spiro atoms. The van der Waals surface area contributed by atoms with Gasteiger partial charge >= 0.3 is 0 Å². The molecule has 0 aliphatic heterocycles. The summed E-state index contributed by atoms with van der Waals surface area (Å²) in [5, 5.41) is 11.8. The van der Waals surface area contributed by atoms with E-state index in [1.54, 1.807) is 20.1 Å². The minimum absolute atomic E-state index is 0.141. The second kappa shape index (κ2) is 6.95. The number of rotatable bonds is 5. The average Bonchev–Trinajstić information content (AvgIpc) is 3.26. The number of ether oxygens (including phenoxy) is 1. The fourth-order valence-electron chi connectivity index (χ4n) is 3.01. The number of benzene rings is 2. The number of carbonyl (C=O) groups excluding carboxylic acids is 1. The van der Waals surface area contributed by atoms with E-state index in [1.165, 1.54) is 0 Å². The van der Waals surface area contributed by atoms with E-state index in [1.807, 2.05) is 53.2 Å². The third-order valence-corrected chi connectivity index (χ3v) is 4.21. The van der Waals surface area contributed by atoms with Gasteiger partial charge in [-0.2, -0.15) is 0 Å². The zero-order valence-electron chi connectivity index (χ0n) is 15.0. The Morgan fingerprint density at radius 3 is 2.81 bits per heavy atom. The Balaban J connectivity index is 1.63. The van der Waals surface area contributed by atoms with Gasteiger partial charge in [0.25, 0.3) is 0 Å². The summed E-state index contributed by atoms with van der Waals surface area (Å²) in [6, 6.07) is 15.1. The molecular weight excluding hydrogens is 344 g/mol. The van der Waals surface area contributed by atoms with Crippen LogP contribution in [0.15, 0.2) is 59.1 Å². The highest BCUT2D eigenvalue weighted by Crippen LogP contribution is 2.29. The van der Waals surface area contributed by atoms with Crippen molar-refractivity contribution >= 4 is 22.5 Å². The predicted octanol–water partition coefficient (Wildman–Crippen LogP) is 3.65. The average molecular weight is 362 g/mol. The van der Waals surface area contributed by atoms with Crippen molar-refractivity contribution in [3.8, 4) is 17.2 Å². The van der Waals surface area contributed by atoms with Gasteiger partial charge in [-0.05, 0) is 18.2 Å². The summed E-state index contributed by atoms with van der Waals surface area (Å²) < 4.78 is 12.6. The molecule has 136 valence electrons. The first kappa shape index (κ1) is 16.8. The minimum Gasteiger partial charge on any atom is -0.497 e. The first-order chi connectivity index (χ1) is 13.1. The summed E-state index contributed by atoms with van der Waals surface area (Å²) >= 11 is 0. The van der Waals surface area contributed by atoms with Crippen molar-refractivity contribution < 1.29 is 13.9 Å². The highest BCUT2D eigenvalue weighted by Gasteiger charge is 2.16. The third-order valence-electron chi connectivity index (χ3n) is 4.21. The van der Waals surface area contributed by atoms with E-state index >= 15 is 0 Å². The van der Waals surface area contributed by atoms with Crippen LogP contribution in [-0.2, 0) is 11.3 Å². The van der Waals surface area contributed by atoms with Crippen LogP contribution in [0.2, 0.25) is 0 Å². The number of amides is 1. The lowest BCUT2D eigenvalue weighted by Crippen LogP contribution is -2.18. The molecule has 0 bridgehead atoms. The molecule has 1 amide bonds. The predicted molar refractivity (Wildman–Crippen MR) is 102 cm³/mol. The fourth-order valence-corrected chi connectivity index (χ4v) is 3.01. The number of nitrogens with zero attached hydrogens (tertiary/aromatic N) is 3. The van der Waals surface area contributed by atoms with Crippen molar-refractivity contribution in [2.75, 3.05) is 12.4 Å². The molecule has 0 radical (unpaired) electrons. The van der Waals surface area contributed by atoms with E-state index < -0.39 is 0 Å². The lowest BCUT2D eigenvalue weighted by atomic mass is 10.2. The van der Waals surface area contributed by atoms with E-state index in [-0.39, 0.29) is 12.5 Å². The van der Waals surface area contributed by atoms with Gasteiger partial charge in [-0.1, -0.05) is 24.3 Å². The molecular formula is C20H18N4O3. The maximum Gasteiger partial charge on any atom is 0.249 e. The second-order valence-electron chi connectivity index (χ2n) is 6.09. The summed E-state index contributed by atoms with van der Waals surface area (Å²) in [7, 11) is 1.59. The summed E-state index contributed by atoms with van der Waals surface area (Å²) in [6.45, 7) is 1.90. The van der Waals surface area contributed by atoms with Crippen LogP contribution in [0.5, 0.6) is 5.75 Å². The highest BCUT2D eigenvalue weighted by atomic mass is 16.5. The molecule has 1 N–H and O–H groups in total. The zero-order valence-corrected chi connectivity index (χ0v) is 15.0. The van der Waals surface area contributed by atoms with Gasteiger partial charge in [-0.25, -0.2) is 0 Å². The number of para-hydroxylation sites is 1. The molecule has 0 saturated heterocycles. The van der Waals surface area contributed by atoms with Crippen LogP contribution in [0.3, 0.4) is 0 Å². The lowest BCUT2D eigenvalue weighted by Gasteiger charge is -2.08. The van der Waals surface area contributed by atoms with Crippen LogP contribution in [0.1, 0.15) is 5.89 Å². The first-order valence-electron chi connectivity index (χ1n) is 8.46. The highest BCUT2D eigenvalue weighted by molar-refractivity contribution is 5.96. The maximum atomic E-state index is 12.6. The Bertz CT molecular complexity index is 1110. The van der Waals surface area contributed by atoms with E-state index in [2.05, 4.69) is 15.5 Å². The number of hydrogen-bond donors (Lipinski definition) is 1. The van der Waals surface area contributed by atoms with Gasteiger partial charge in [0.15, 0.2) is 0 Å². The van der Waals surface area contributed by atoms with Crippen LogP contribution < -0.4 is 10.1 Å². The summed E-state index contributed by atoms with van der Waals surface area (Å²) in [4.78, 5) is 12.6. The summed E-state index contributed by atoms with van der Waals surface area (Å²) in [5.41, 5.74) is 2.41. The van der Waals surface area contributed by atoms with Gasteiger partial charge in [-0.15, -0.1) is 10.2 Å². The third kappa shape index (κ3) is 3.39. The normalized spacial score (nSPS) is 10.9. The monoisotopic (exact) mass is 362 g/mol. The van der Waals surface area contributed by atoms with E-state index in [0.717, 1.165) is 16.5 Å². The molecule has 0 atom stereocenters. The van der Waals surface area contributed by atoms with Gasteiger partial charge in [0.2, 0.25) is 17.7 Å². The van der Waals surface area contributed by atoms with Crippen molar-refractivity contribution in [2.45, 2.75) is 13.5 Å². The van der Waals surface area contributed by atoms with E-state index in [9.17, 15) is 4.79 Å². The summed E-state index contributed by atoms with van der Waals surface area (Å²) in [5.74, 6) is 1.48. The Morgan fingerprint density at radius 1 is 1.19 bits per heavy atom. The molecule has 0 fully saturated rings. The maximum absolute atomic E-state index is 12.6. The number of fused-ring (bicyclic) bond motifs is 1. The fraction of sp³-hybridized carbons (Fsp3) is 0.150. The SMILES string of the molecule is COc1cccc(NC(=O)Cn2cc(-c3nnc(C)o3)c3ccccc32)c1. The van der Waals surface area contributed by atoms with Gasteiger partial charge in [-0.3, -0.25) is 4.79 Å². The number of aryl methyl sites for hydroxylation is 1. The summed E-state index contributed by atoms with van der Waals surface area (Å²) in [6.07, 6.45) is 1.86. The molecule has 2 heterocycles. The van der Waals surface area contributed by atoms with Crippen LogP contribution in [-0.4, -0.2) is 27.8 Å². The zero-order chi connectivity index (χ0) is 18.8. The molecule has 0 aliphatic carbocycles. The van der Waals surface area contributed by atoms with Crippen LogP contribution >= 0.6 is 0 Å². The van der Waals surface area contributed by atoms with Gasteiger partial charge in [0.05, 0.1) is 12.7 Å². The Hall–Kier alpha value is -3.61.